The first kappa shape index (κ1) is 15.2. The van der Waals surface area contributed by atoms with E-state index in [1.165, 1.54) is 0 Å². The monoisotopic (exact) mass is 288 g/mol. The highest BCUT2D eigenvalue weighted by molar-refractivity contribution is 8.13. The minimum absolute atomic E-state index is 0.205. The Morgan fingerprint density at radius 1 is 1.22 bits per heavy atom. The molecule has 0 amide bonds. The Balaban J connectivity index is 2.78. The maximum Gasteiger partial charge on any atom is 0.265 e. The molecule has 1 rings (SSSR count). The highest BCUT2D eigenvalue weighted by atomic mass is 32.2. The molecule has 1 unspecified atom stereocenters. The molecule has 0 aromatic heterocycles. The standard InChI is InChI=1S/C12H16O4S2/c1-9(2)11(16-18(3,14)15)12(13)17-10-7-5-4-6-8-10/h4-9,11H,1-3H3. The molecule has 18 heavy (non-hydrogen) atoms. The third-order valence-electron chi connectivity index (χ3n) is 2.08. The van der Waals surface area contributed by atoms with E-state index in [-0.39, 0.29) is 11.0 Å². The summed E-state index contributed by atoms with van der Waals surface area (Å²) in [6.45, 7) is 3.50. The van der Waals surface area contributed by atoms with Crippen LogP contribution in [0.4, 0.5) is 0 Å². The van der Waals surface area contributed by atoms with Crippen LogP contribution in [0.25, 0.3) is 0 Å². The van der Waals surface area contributed by atoms with Crippen LogP contribution in [-0.2, 0) is 19.1 Å². The van der Waals surface area contributed by atoms with Crippen molar-refractivity contribution in [1.82, 2.24) is 0 Å². The van der Waals surface area contributed by atoms with Crippen LogP contribution in [0.15, 0.2) is 35.2 Å². The fourth-order valence-electron chi connectivity index (χ4n) is 1.27. The lowest BCUT2D eigenvalue weighted by Crippen LogP contribution is -2.30. The first-order chi connectivity index (χ1) is 8.29. The van der Waals surface area contributed by atoms with Crippen molar-refractivity contribution < 1.29 is 17.4 Å². The van der Waals surface area contributed by atoms with Gasteiger partial charge < -0.3 is 0 Å². The zero-order chi connectivity index (χ0) is 13.8. The van der Waals surface area contributed by atoms with Gasteiger partial charge in [-0.2, -0.15) is 8.42 Å². The van der Waals surface area contributed by atoms with Crippen LogP contribution in [0.5, 0.6) is 0 Å². The highest BCUT2D eigenvalue weighted by Crippen LogP contribution is 2.24. The molecular weight excluding hydrogens is 272 g/mol. The molecule has 0 N–H and O–H groups in total. The zero-order valence-corrected chi connectivity index (χ0v) is 12.1. The molecule has 4 nitrogen and oxygen atoms in total. The van der Waals surface area contributed by atoms with E-state index in [2.05, 4.69) is 0 Å². The summed E-state index contributed by atoms with van der Waals surface area (Å²) < 4.78 is 27.1. The van der Waals surface area contributed by atoms with Gasteiger partial charge in [-0.05, 0) is 29.8 Å². The Labute approximate surface area is 112 Å². The molecule has 0 aliphatic carbocycles. The van der Waals surface area contributed by atoms with Gasteiger partial charge in [0.05, 0.1) is 6.26 Å². The summed E-state index contributed by atoms with van der Waals surface area (Å²) in [7, 11) is -3.64. The number of thioether (sulfide) groups is 1. The molecule has 1 aromatic carbocycles. The smallest absolute Gasteiger partial charge is 0.265 e. The molecule has 0 heterocycles. The maximum atomic E-state index is 12.0. The second-order valence-corrected chi connectivity index (χ2v) is 6.88. The Kier molecular flexibility index (Phi) is 5.37. The largest absolute Gasteiger partial charge is 0.284 e. The minimum atomic E-state index is -3.64. The third-order valence-corrected chi connectivity index (χ3v) is 3.58. The quantitative estimate of drug-likeness (QED) is 0.614. The topological polar surface area (TPSA) is 60.4 Å². The Bertz CT molecular complexity index is 494. The summed E-state index contributed by atoms with van der Waals surface area (Å²) in [5, 5.41) is -0.304. The first-order valence-electron chi connectivity index (χ1n) is 5.44. The molecule has 0 aliphatic rings. The van der Waals surface area contributed by atoms with E-state index >= 15 is 0 Å². The van der Waals surface area contributed by atoms with E-state index in [0.29, 0.717) is 0 Å². The lowest BCUT2D eigenvalue weighted by molar-refractivity contribution is -0.118. The number of carbonyl (C=O) groups is 1. The van der Waals surface area contributed by atoms with E-state index in [9.17, 15) is 13.2 Å². The second kappa shape index (κ2) is 6.36. The molecule has 0 saturated heterocycles. The van der Waals surface area contributed by atoms with Gasteiger partial charge in [0, 0.05) is 4.90 Å². The van der Waals surface area contributed by atoms with Gasteiger partial charge in [-0.25, -0.2) is 0 Å². The summed E-state index contributed by atoms with van der Waals surface area (Å²) in [6.07, 6.45) is -0.00625. The second-order valence-electron chi connectivity index (χ2n) is 4.20. The van der Waals surface area contributed by atoms with E-state index in [1.807, 2.05) is 18.2 Å². The summed E-state index contributed by atoms with van der Waals surface area (Å²) in [4.78, 5) is 12.8. The normalized spacial score (nSPS) is 13.6. The summed E-state index contributed by atoms with van der Waals surface area (Å²) in [6, 6.07) is 9.07. The predicted molar refractivity (Wildman–Crippen MR) is 71.9 cm³/mol. The van der Waals surface area contributed by atoms with Crippen molar-refractivity contribution >= 4 is 27.0 Å². The minimum Gasteiger partial charge on any atom is -0.284 e. The lowest BCUT2D eigenvalue weighted by Gasteiger charge is -2.17. The van der Waals surface area contributed by atoms with Gasteiger partial charge in [0.2, 0.25) is 5.12 Å². The molecule has 1 atom stereocenters. The van der Waals surface area contributed by atoms with Crippen molar-refractivity contribution in [2.24, 2.45) is 5.92 Å². The van der Waals surface area contributed by atoms with Gasteiger partial charge in [0.1, 0.15) is 6.10 Å². The number of carbonyl (C=O) groups excluding carboxylic acids is 1. The van der Waals surface area contributed by atoms with Crippen molar-refractivity contribution in [3.8, 4) is 0 Å². The van der Waals surface area contributed by atoms with Crippen LogP contribution < -0.4 is 0 Å². The first-order valence-corrected chi connectivity index (χ1v) is 8.08. The number of rotatable bonds is 5. The summed E-state index contributed by atoms with van der Waals surface area (Å²) >= 11 is 0.992. The van der Waals surface area contributed by atoms with E-state index < -0.39 is 16.2 Å². The van der Waals surface area contributed by atoms with E-state index in [0.717, 1.165) is 22.9 Å². The van der Waals surface area contributed by atoms with Crippen molar-refractivity contribution in [3.05, 3.63) is 30.3 Å². The average Bonchev–Trinajstić information content (AvgIpc) is 2.25. The van der Waals surface area contributed by atoms with Gasteiger partial charge in [-0.15, -0.1) is 0 Å². The third kappa shape index (κ3) is 5.20. The molecule has 0 aliphatic heterocycles. The zero-order valence-electron chi connectivity index (χ0n) is 10.5. The van der Waals surface area contributed by atoms with E-state index in [1.54, 1.807) is 26.0 Å². The van der Waals surface area contributed by atoms with Gasteiger partial charge in [-0.3, -0.25) is 8.98 Å². The van der Waals surface area contributed by atoms with Gasteiger partial charge >= 0.3 is 0 Å². The Hall–Kier alpha value is -0.850. The van der Waals surface area contributed by atoms with Gasteiger partial charge in [-0.1, -0.05) is 32.0 Å². The van der Waals surface area contributed by atoms with E-state index in [4.69, 9.17) is 4.18 Å². The molecule has 6 heteroatoms. The fraction of sp³-hybridized carbons (Fsp3) is 0.417. The summed E-state index contributed by atoms with van der Waals surface area (Å²) in [5.41, 5.74) is 0. The van der Waals surface area contributed by atoms with Crippen LogP contribution in [0.3, 0.4) is 0 Å². The van der Waals surface area contributed by atoms with Crippen molar-refractivity contribution in [3.63, 3.8) is 0 Å². The van der Waals surface area contributed by atoms with Gasteiger partial charge in [0.15, 0.2) is 0 Å². The van der Waals surface area contributed by atoms with Crippen molar-refractivity contribution in [2.75, 3.05) is 6.26 Å². The summed E-state index contributed by atoms with van der Waals surface area (Å²) in [5.74, 6) is -0.205. The molecule has 0 fully saturated rings. The fourth-order valence-corrected chi connectivity index (χ4v) is 2.98. The SMILES string of the molecule is CC(C)C(OS(C)(=O)=O)C(=O)Sc1ccccc1. The predicted octanol–water partition coefficient (Wildman–Crippen LogP) is 2.31. The Morgan fingerprint density at radius 3 is 2.22 bits per heavy atom. The number of hydrogen-bond donors (Lipinski definition) is 0. The molecule has 0 spiro atoms. The van der Waals surface area contributed by atoms with Crippen LogP contribution in [0.2, 0.25) is 0 Å². The van der Waals surface area contributed by atoms with Crippen molar-refractivity contribution in [2.45, 2.75) is 24.8 Å². The van der Waals surface area contributed by atoms with Crippen LogP contribution in [0, 0.1) is 5.92 Å². The molecule has 0 bridgehead atoms. The molecule has 1 aromatic rings. The number of hydrogen-bond acceptors (Lipinski definition) is 5. The maximum absolute atomic E-state index is 12.0. The average molecular weight is 288 g/mol. The molecule has 0 radical (unpaired) electrons. The van der Waals surface area contributed by atoms with Crippen LogP contribution in [0.1, 0.15) is 13.8 Å². The van der Waals surface area contributed by atoms with Crippen LogP contribution >= 0.6 is 11.8 Å². The molecule has 100 valence electrons. The van der Waals surface area contributed by atoms with Crippen LogP contribution in [-0.4, -0.2) is 25.9 Å². The number of benzene rings is 1. The highest BCUT2D eigenvalue weighted by Gasteiger charge is 2.27. The van der Waals surface area contributed by atoms with Crippen molar-refractivity contribution in [1.29, 1.82) is 0 Å². The molecule has 0 saturated carbocycles. The van der Waals surface area contributed by atoms with Gasteiger partial charge in [0.25, 0.3) is 10.1 Å². The molecular formula is C12H16O4S2. The Morgan fingerprint density at radius 2 is 1.78 bits per heavy atom. The lowest BCUT2D eigenvalue weighted by atomic mass is 10.1.